The highest BCUT2D eigenvalue weighted by atomic mass is 35.5. The van der Waals surface area contributed by atoms with Crippen LogP contribution in [0, 0.1) is 19.7 Å². The first kappa shape index (κ1) is 25.9. The molecule has 0 bridgehead atoms. The van der Waals surface area contributed by atoms with Gasteiger partial charge in [-0.25, -0.2) is 4.39 Å². The zero-order valence-electron chi connectivity index (χ0n) is 21.0. The molecule has 2 unspecified atom stereocenters. The van der Waals surface area contributed by atoms with Crippen LogP contribution in [0.2, 0.25) is 5.02 Å². The molecule has 5 rings (SSSR count). The van der Waals surface area contributed by atoms with E-state index in [-0.39, 0.29) is 29.4 Å². The molecule has 0 radical (unpaired) electrons. The number of aromatic nitrogens is 2. The molecule has 0 spiro atoms. The molecule has 2 aromatic carbocycles. The highest BCUT2D eigenvalue weighted by Crippen LogP contribution is 2.40. The summed E-state index contributed by atoms with van der Waals surface area (Å²) in [5, 5.41) is 7.03. The molecule has 2 atom stereocenters. The molecule has 4 aromatic rings. The third-order valence-electron chi connectivity index (χ3n) is 6.71. The summed E-state index contributed by atoms with van der Waals surface area (Å²) in [6.45, 7) is 4.36. The molecule has 38 heavy (non-hydrogen) atoms. The van der Waals surface area contributed by atoms with Crippen LogP contribution in [0.15, 0.2) is 79.1 Å². The van der Waals surface area contributed by atoms with Crippen LogP contribution in [0.1, 0.15) is 41.0 Å². The van der Waals surface area contributed by atoms with Gasteiger partial charge in [0.25, 0.3) is 0 Å². The van der Waals surface area contributed by atoms with Gasteiger partial charge in [0.15, 0.2) is 5.11 Å². The number of amides is 1. The minimum absolute atomic E-state index is 0.0449. The van der Waals surface area contributed by atoms with Gasteiger partial charge in [-0.2, -0.15) is 0 Å². The van der Waals surface area contributed by atoms with Crippen molar-refractivity contribution in [2.75, 3.05) is 11.9 Å². The van der Waals surface area contributed by atoms with Crippen molar-refractivity contribution in [3.63, 3.8) is 0 Å². The lowest BCUT2D eigenvalue weighted by Gasteiger charge is -2.29. The minimum Gasteiger partial charge on any atom is -0.352 e. The molecule has 0 saturated carbocycles. The fourth-order valence-electron chi connectivity index (χ4n) is 4.78. The second-order valence-corrected chi connectivity index (χ2v) is 10.1. The smallest absolute Gasteiger partial charge is 0.226 e. The van der Waals surface area contributed by atoms with E-state index >= 15 is 0 Å². The van der Waals surface area contributed by atoms with Gasteiger partial charge in [0, 0.05) is 42.4 Å². The number of thiocarbonyl (C=S) groups is 1. The maximum absolute atomic E-state index is 13.9. The van der Waals surface area contributed by atoms with E-state index in [0.717, 1.165) is 33.9 Å². The fraction of sp³-hybridized carbons (Fsp3) is 0.207. The molecule has 6 nitrogen and oxygen atoms in total. The molecule has 2 N–H and O–H groups in total. The molecular weight excluding hydrogens is 521 g/mol. The van der Waals surface area contributed by atoms with E-state index in [2.05, 4.69) is 15.6 Å². The van der Waals surface area contributed by atoms with Crippen LogP contribution in [-0.2, 0) is 4.79 Å². The Balaban J connectivity index is 1.45. The van der Waals surface area contributed by atoms with E-state index in [9.17, 15) is 9.18 Å². The lowest BCUT2D eigenvalue weighted by molar-refractivity contribution is -0.116. The maximum Gasteiger partial charge on any atom is 0.226 e. The van der Waals surface area contributed by atoms with Gasteiger partial charge in [-0.05, 0) is 85.7 Å². The van der Waals surface area contributed by atoms with Crippen molar-refractivity contribution < 1.29 is 9.18 Å². The summed E-state index contributed by atoms with van der Waals surface area (Å²) >= 11 is 11.9. The van der Waals surface area contributed by atoms with E-state index in [0.29, 0.717) is 11.7 Å². The second kappa shape index (κ2) is 10.9. The summed E-state index contributed by atoms with van der Waals surface area (Å²) in [4.78, 5) is 19.6. The normalized spacial score (nSPS) is 16.9. The van der Waals surface area contributed by atoms with Crippen LogP contribution in [0.25, 0.3) is 5.69 Å². The largest absolute Gasteiger partial charge is 0.352 e. The average molecular weight is 548 g/mol. The molecule has 3 heterocycles. The zero-order valence-corrected chi connectivity index (χ0v) is 22.6. The zero-order chi connectivity index (χ0) is 26.8. The Bertz CT molecular complexity index is 1490. The second-order valence-electron chi connectivity index (χ2n) is 9.34. The minimum atomic E-state index is -0.476. The van der Waals surface area contributed by atoms with Crippen LogP contribution in [0.3, 0.4) is 0 Å². The van der Waals surface area contributed by atoms with E-state index in [1.807, 2.05) is 78.0 Å². The lowest BCUT2D eigenvalue weighted by atomic mass is 10.0. The van der Waals surface area contributed by atoms with Crippen LogP contribution in [0.4, 0.5) is 10.1 Å². The van der Waals surface area contributed by atoms with Crippen molar-refractivity contribution in [3.05, 3.63) is 112 Å². The Kier molecular flexibility index (Phi) is 7.44. The number of carbonyl (C=O) groups excluding carboxylic acids is 1. The number of nitrogens with one attached hydrogen (secondary N) is 2. The lowest BCUT2D eigenvalue weighted by Crippen LogP contribution is -2.33. The monoisotopic (exact) mass is 547 g/mol. The Hall–Kier alpha value is -3.75. The van der Waals surface area contributed by atoms with Gasteiger partial charge in [-0.3, -0.25) is 9.78 Å². The summed E-state index contributed by atoms with van der Waals surface area (Å²) in [5.41, 5.74) is 5.35. The molecule has 1 amide bonds. The number of nitrogens with zero attached hydrogens (tertiary/aromatic N) is 3. The first-order valence-electron chi connectivity index (χ1n) is 12.3. The third-order valence-corrected chi connectivity index (χ3v) is 7.35. The summed E-state index contributed by atoms with van der Waals surface area (Å²) in [5.74, 6) is -0.571. The number of halogens is 2. The van der Waals surface area contributed by atoms with Gasteiger partial charge in [-0.15, -0.1) is 0 Å². The summed E-state index contributed by atoms with van der Waals surface area (Å²) < 4.78 is 15.9. The standard InChI is InChI=1S/C29H27ClFN5OS/c1-18-8-9-19(2)24(16-18)33-26(37)12-15-36-28(27(34-29(36)38)23-6-3-4-13-32-23)25-7-5-14-35(25)20-10-11-22(31)21(30)17-20/h3-11,13-14,16-17,27-28H,12,15H2,1-2H3,(H,33,37)(H,34,38). The average Bonchev–Trinajstić information content (AvgIpc) is 3.51. The summed E-state index contributed by atoms with van der Waals surface area (Å²) in [6.07, 6.45) is 3.89. The van der Waals surface area contributed by atoms with Crippen LogP contribution in [-0.4, -0.2) is 32.0 Å². The number of carbonyl (C=O) groups is 1. The third kappa shape index (κ3) is 5.28. The molecule has 0 aliphatic carbocycles. The first-order chi connectivity index (χ1) is 18.3. The molecule has 1 aliphatic rings. The summed E-state index contributed by atoms with van der Waals surface area (Å²) in [6, 6.07) is 19.8. The molecule has 1 saturated heterocycles. The highest BCUT2D eigenvalue weighted by Gasteiger charge is 2.41. The van der Waals surface area contributed by atoms with Crippen molar-refractivity contribution in [1.82, 2.24) is 19.8 Å². The van der Waals surface area contributed by atoms with Crippen LogP contribution in [0.5, 0.6) is 0 Å². The predicted molar refractivity (Wildman–Crippen MR) is 152 cm³/mol. The number of pyridine rings is 1. The van der Waals surface area contributed by atoms with E-state index < -0.39 is 5.82 Å². The number of benzene rings is 2. The van der Waals surface area contributed by atoms with Gasteiger partial charge in [0.2, 0.25) is 5.91 Å². The van der Waals surface area contributed by atoms with Crippen molar-refractivity contribution in [3.8, 4) is 5.69 Å². The van der Waals surface area contributed by atoms with E-state index in [1.54, 1.807) is 18.3 Å². The molecule has 9 heteroatoms. The topological polar surface area (TPSA) is 62.2 Å². The van der Waals surface area contributed by atoms with Crippen molar-refractivity contribution >= 4 is 40.5 Å². The SMILES string of the molecule is Cc1ccc(C)c(NC(=O)CCN2C(=S)NC(c3ccccn3)C2c2cccn2-c2ccc(F)c(Cl)c2)c1. The van der Waals surface area contributed by atoms with E-state index in [4.69, 9.17) is 23.8 Å². The van der Waals surface area contributed by atoms with Crippen molar-refractivity contribution in [2.24, 2.45) is 0 Å². The number of aryl methyl sites for hydroxylation is 2. The number of hydrogen-bond acceptors (Lipinski definition) is 3. The Morgan fingerprint density at radius 2 is 1.97 bits per heavy atom. The van der Waals surface area contributed by atoms with Gasteiger partial charge in [0.05, 0.1) is 22.8 Å². The van der Waals surface area contributed by atoms with Gasteiger partial charge in [-0.1, -0.05) is 29.8 Å². The molecule has 1 aliphatic heterocycles. The predicted octanol–water partition coefficient (Wildman–Crippen LogP) is 6.28. The Labute approximate surface area is 231 Å². The first-order valence-corrected chi connectivity index (χ1v) is 13.1. The number of hydrogen-bond donors (Lipinski definition) is 2. The molecular formula is C29H27ClFN5OS. The maximum atomic E-state index is 13.9. The van der Waals surface area contributed by atoms with Gasteiger partial charge in [0.1, 0.15) is 5.82 Å². The van der Waals surface area contributed by atoms with Crippen LogP contribution >= 0.6 is 23.8 Å². The highest BCUT2D eigenvalue weighted by molar-refractivity contribution is 7.80. The van der Waals surface area contributed by atoms with Crippen molar-refractivity contribution in [2.45, 2.75) is 32.4 Å². The van der Waals surface area contributed by atoms with E-state index in [1.165, 1.54) is 6.07 Å². The quantitative estimate of drug-likeness (QED) is 0.267. The molecule has 1 fully saturated rings. The number of rotatable bonds is 7. The molecule has 194 valence electrons. The number of anilines is 1. The Morgan fingerprint density at radius 3 is 2.74 bits per heavy atom. The van der Waals surface area contributed by atoms with Crippen molar-refractivity contribution in [1.29, 1.82) is 0 Å². The van der Waals surface area contributed by atoms with Crippen LogP contribution < -0.4 is 10.6 Å². The molecule has 2 aromatic heterocycles. The Morgan fingerprint density at radius 1 is 1.13 bits per heavy atom. The van der Waals surface area contributed by atoms with Gasteiger partial charge >= 0.3 is 0 Å². The fourth-order valence-corrected chi connectivity index (χ4v) is 5.28. The van der Waals surface area contributed by atoms with Gasteiger partial charge < -0.3 is 20.1 Å². The summed E-state index contributed by atoms with van der Waals surface area (Å²) in [7, 11) is 0.